The number of benzene rings is 2. The zero-order valence-corrected chi connectivity index (χ0v) is 16.2. The predicted molar refractivity (Wildman–Crippen MR) is 110 cm³/mol. The SMILES string of the molecule is COc1ccc(NC(=O)Cn2c(=O)c3ccccc3n3nc(C)cc23)c([N+](=O)[O-])c1. The molecule has 0 aliphatic carbocycles. The summed E-state index contributed by atoms with van der Waals surface area (Å²) in [6.07, 6.45) is 0. The molecular formula is C20H17N5O5. The molecule has 4 aromatic rings. The fraction of sp³-hybridized carbons (Fsp3) is 0.150. The van der Waals surface area contributed by atoms with Crippen molar-refractivity contribution < 1.29 is 14.5 Å². The Labute approximate surface area is 169 Å². The minimum absolute atomic E-state index is 0.0142. The van der Waals surface area contributed by atoms with Gasteiger partial charge < -0.3 is 10.1 Å². The molecule has 30 heavy (non-hydrogen) atoms. The number of methoxy groups -OCH3 is 1. The van der Waals surface area contributed by atoms with Crippen molar-refractivity contribution in [3.63, 3.8) is 0 Å². The molecule has 0 atom stereocenters. The fourth-order valence-electron chi connectivity index (χ4n) is 3.33. The topological polar surface area (TPSA) is 121 Å². The predicted octanol–water partition coefficient (Wildman–Crippen LogP) is 2.51. The number of ether oxygens (including phenoxy) is 1. The van der Waals surface area contributed by atoms with Gasteiger partial charge in [0.25, 0.3) is 11.2 Å². The van der Waals surface area contributed by atoms with Gasteiger partial charge in [-0.05, 0) is 31.2 Å². The van der Waals surface area contributed by atoms with Crippen molar-refractivity contribution >= 4 is 33.8 Å². The molecule has 0 radical (unpaired) electrons. The number of carbonyl (C=O) groups is 1. The molecule has 4 rings (SSSR count). The molecule has 152 valence electrons. The molecule has 0 saturated heterocycles. The molecule has 0 fully saturated rings. The van der Waals surface area contributed by atoms with E-state index in [0.29, 0.717) is 28.0 Å². The molecule has 0 unspecified atom stereocenters. The zero-order valence-electron chi connectivity index (χ0n) is 16.2. The number of hydrogen-bond donors (Lipinski definition) is 1. The van der Waals surface area contributed by atoms with Crippen molar-refractivity contribution in [2.75, 3.05) is 12.4 Å². The van der Waals surface area contributed by atoms with Crippen LogP contribution in [0.25, 0.3) is 16.6 Å². The first-order chi connectivity index (χ1) is 14.4. The van der Waals surface area contributed by atoms with Crippen LogP contribution < -0.4 is 15.6 Å². The van der Waals surface area contributed by atoms with E-state index in [2.05, 4.69) is 10.4 Å². The normalized spacial score (nSPS) is 11.0. The number of fused-ring (bicyclic) bond motifs is 3. The smallest absolute Gasteiger partial charge is 0.296 e. The van der Waals surface area contributed by atoms with Gasteiger partial charge in [-0.2, -0.15) is 5.10 Å². The lowest BCUT2D eigenvalue weighted by atomic mass is 10.2. The van der Waals surface area contributed by atoms with Gasteiger partial charge in [0, 0.05) is 6.07 Å². The second-order valence-electron chi connectivity index (χ2n) is 6.65. The van der Waals surface area contributed by atoms with Crippen LogP contribution in [0.3, 0.4) is 0 Å². The minimum atomic E-state index is -0.612. The maximum absolute atomic E-state index is 13.0. The zero-order chi connectivity index (χ0) is 21.4. The van der Waals surface area contributed by atoms with Gasteiger partial charge >= 0.3 is 0 Å². The molecule has 2 heterocycles. The molecule has 2 aromatic carbocycles. The first-order valence-corrected chi connectivity index (χ1v) is 8.99. The summed E-state index contributed by atoms with van der Waals surface area (Å²) in [6.45, 7) is 1.46. The van der Waals surface area contributed by atoms with Gasteiger partial charge in [0.05, 0.1) is 34.7 Å². The molecule has 0 bridgehead atoms. The largest absolute Gasteiger partial charge is 0.496 e. The van der Waals surface area contributed by atoms with E-state index in [-0.39, 0.29) is 23.5 Å². The van der Waals surface area contributed by atoms with Crippen LogP contribution in [0.4, 0.5) is 11.4 Å². The van der Waals surface area contributed by atoms with Crippen molar-refractivity contribution in [1.82, 2.24) is 14.2 Å². The van der Waals surface area contributed by atoms with Crippen LogP contribution in [0.1, 0.15) is 5.69 Å². The van der Waals surface area contributed by atoms with E-state index in [1.807, 2.05) is 0 Å². The standard InChI is InChI=1S/C20H17N5O5/c1-12-9-19-23(20(27)14-5-3-4-6-16(14)24(19)22-12)11-18(26)21-15-8-7-13(30-2)10-17(15)25(28)29/h3-10H,11H2,1-2H3,(H,21,26). The number of para-hydroxylation sites is 1. The van der Waals surface area contributed by atoms with Crippen LogP contribution in [-0.4, -0.2) is 32.1 Å². The Morgan fingerprint density at radius 2 is 2.00 bits per heavy atom. The monoisotopic (exact) mass is 407 g/mol. The molecule has 1 amide bonds. The van der Waals surface area contributed by atoms with Crippen LogP contribution in [0, 0.1) is 17.0 Å². The van der Waals surface area contributed by atoms with Gasteiger partial charge in [0.15, 0.2) is 0 Å². The van der Waals surface area contributed by atoms with Gasteiger partial charge in [-0.15, -0.1) is 0 Å². The molecule has 0 saturated carbocycles. The Bertz CT molecular complexity index is 1370. The van der Waals surface area contributed by atoms with Gasteiger partial charge in [0.1, 0.15) is 23.6 Å². The van der Waals surface area contributed by atoms with E-state index in [9.17, 15) is 19.7 Å². The van der Waals surface area contributed by atoms with Gasteiger partial charge in [-0.25, -0.2) is 4.52 Å². The highest BCUT2D eigenvalue weighted by Gasteiger charge is 2.19. The van der Waals surface area contributed by atoms with Crippen LogP contribution in [0.5, 0.6) is 5.75 Å². The van der Waals surface area contributed by atoms with Crippen molar-refractivity contribution in [3.05, 3.63) is 74.7 Å². The van der Waals surface area contributed by atoms with Crippen molar-refractivity contribution in [2.24, 2.45) is 0 Å². The lowest BCUT2D eigenvalue weighted by Crippen LogP contribution is -2.29. The number of aromatic nitrogens is 3. The van der Waals surface area contributed by atoms with Crippen LogP contribution in [0.15, 0.2) is 53.3 Å². The van der Waals surface area contributed by atoms with E-state index < -0.39 is 10.8 Å². The summed E-state index contributed by atoms with van der Waals surface area (Å²) in [5, 5.41) is 18.7. The number of aryl methyl sites for hydroxylation is 1. The lowest BCUT2D eigenvalue weighted by Gasteiger charge is -2.12. The number of nitrogens with one attached hydrogen (secondary N) is 1. The summed E-state index contributed by atoms with van der Waals surface area (Å²) in [5.41, 5.74) is 1.13. The lowest BCUT2D eigenvalue weighted by molar-refractivity contribution is -0.384. The molecule has 2 aromatic heterocycles. The number of rotatable bonds is 5. The van der Waals surface area contributed by atoms with Crippen LogP contribution in [-0.2, 0) is 11.3 Å². The number of nitrogens with zero attached hydrogens (tertiary/aromatic N) is 4. The van der Waals surface area contributed by atoms with Crippen LogP contribution in [0.2, 0.25) is 0 Å². The maximum Gasteiger partial charge on any atom is 0.296 e. The van der Waals surface area contributed by atoms with E-state index in [1.165, 1.54) is 29.9 Å². The first kappa shape index (κ1) is 19.1. The quantitative estimate of drug-likeness (QED) is 0.401. The molecule has 10 nitrogen and oxygen atoms in total. The van der Waals surface area contributed by atoms with E-state index in [4.69, 9.17) is 4.74 Å². The van der Waals surface area contributed by atoms with E-state index in [0.717, 1.165) is 0 Å². The second kappa shape index (κ2) is 7.32. The average molecular weight is 407 g/mol. The first-order valence-electron chi connectivity index (χ1n) is 8.99. The number of nitro benzene ring substituents is 1. The van der Waals surface area contributed by atoms with Gasteiger partial charge in [0.2, 0.25) is 5.91 Å². The number of anilines is 1. The Morgan fingerprint density at radius 3 is 2.73 bits per heavy atom. The molecule has 0 spiro atoms. The van der Waals surface area contributed by atoms with E-state index >= 15 is 0 Å². The third kappa shape index (κ3) is 3.24. The minimum Gasteiger partial charge on any atom is -0.496 e. The maximum atomic E-state index is 13.0. The van der Waals surface area contributed by atoms with Gasteiger partial charge in [-0.3, -0.25) is 24.3 Å². The highest BCUT2D eigenvalue weighted by molar-refractivity contribution is 5.93. The summed E-state index contributed by atoms with van der Waals surface area (Å²) in [7, 11) is 1.39. The molecule has 10 heteroatoms. The average Bonchev–Trinajstić information content (AvgIpc) is 3.13. The highest BCUT2D eigenvalue weighted by Crippen LogP contribution is 2.29. The fourth-order valence-corrected chi connectivity index (χ4v) is 3.33. The van der Waals surface area contributed by atoms with Crippen LogP contribution >= 0.6 is 0 Å². The van der Waals surface area contributed by atoms with Crippen molar-refractivity contribution in [3.8, 4) is 5.75 Å². The molecule has 0 aliphatic rings. The van der Waals surface area contributed by atoms with Gasteiger partial charge in [-0.1, -0.05) is 12.1 Å². The second-order valence-corrected chi connectivity index (χ2v) is 6.65. The molecular weight excluding hydrogens is 390 g/mol. The molecule has 0 aliphatic heterocycles. The third-order valence-electron chi connectivity index (χ3n) is 4.67. The number of nitro groups is 1. The van der Waals surface area contributed by atoms with E-state index in [1.54, 1.807) is 41.8 Å². The molecule has 1 N–H and O–H groups in total. The summed E-state index contributed by atoms with van der Waals surface area (Å²) in [6, 6.07) is 12.8. The Kier molecular flexibility index (Phi) is 4.66. The Hall–Kier alpha value is -4.21. The summed E-state index contributed by atoms with van der Waals surface area (Å²) in [4.78, 5) is 36.4. The third-order valence-corrected chi connectivity index (χ3v) is 4.67. The Balaban J connectivity index is 1.75. The number of hydrogen-bond acceptors (Lipinski definition) is 6. The summed E-state index contributed by atoms with van der Waals surface area (Å²) in [5.74, 6) is -0.289. The summed E-state index contributed by atoms with van der Waals surface area (Å²) < 4.78 is 7.90. The van der Waals surface area contributed by atoms with Crippen molar-refractivity contribution in [1.29, 1.82) is 0 Å². The van der Waals surface area contributed by atoms with Crippen molar-refractivity contribution in [2.45, 2.75) is 13.5 Å². The Morgan fingerprint density at radius 1 is 1.23 bits per heavy atom. The summed E-state index contributed by atoms with van der Waals surface area (Å²) >= 11 is 0. The number of carbonyl (C=O) groups excluding carboxylic acids is 1. The number of amides is 1. The highest BCUT2D eigenvalue weighted by atomic mass is 16.6.